The van der Waals surface area contributed by atoms with Gasteiger partial charge in [0, 0.05) is 12.0 Å². The molecule has 3 rings (SSSR count). The molecule has 0 radical (unpaired) electrons. The minimum atomic E-state index is -3.31. The van der Waals surface area contributed by atoms with E-state index >= 15 is 0 Å². The number of carbonyl (C=O) groups is 2. The number of urea groups is 1. The van der Waals surface area contributed by atoms with Crippen LogP contribution >= 0.6 is 0 Å². The van der Waals surface area contributed by atoms with E-state index in [0.717, 1.165) is 18.4 Å². The maximum Gasteiger partial charge on any atom is 0.326 e. The molecule has 1 saturated carbocycles. The van der Waals surface area contributed by atoms with Gasteiger partial charge in [-0.3, -0.25) is 15.0 Å². The summed E-state index contributed by atoms with van der Waals surface area (Å²) in [6.07, 6.45) is 1.91. The van der Waals surface area contributed by atoms with Gasteiger partial charge < -0.3 is 14.6 Å². The fraction of sp³-hybridized carbons (Fsp3) is 0.636. The van der Waals surface area contributed by atoms with Crippen molar-refractivity contribution in [3.63, 3.8) is 0 Å². The third-order valence-electron chi connectivity index (χ3n) is 5.70. The second-order valence-electron chi connectivity index (χ2n) is 9.33. The quantitative estimate of drug-likeness (QED) is 0.353. The number of nitrogens with zero attached hydrogens (tertiary/aromatic N) is 1. The number of hydrogen-bond donors (Lipinski definition) is 2. The molecule has 2 aliphatic rings. The van der Waals surface area contributed by atoms with Gasteiger partial charge in [-0.15, -0.1) is 0 Å². The summed E-state index contributed by atoms with van der Waals surface area (Å²) in [7, 11) is -3.31. The number of benzene rings is 1. The first-order chi connectivity index (χ1) is 14.9. The van der Waals surface area contributed by atoms with Gasteiger partial charge in [-0.05, 0) is 57.7 Å². The van der Waals surface area contributed by atoms with Gasteiger partial charge in [0.2, 0.25) is 0 Å². The monoisotopic (exact) mass is 468 g/mol. The zero-order valence-electron chi connectivity index (χ0n) is 18.8. The van der Waals surface area contributed by atoms with Crippen LogP contribution in [-0.4, -0.2) is 73.5 Å². The highest BCUT2D eigenvalue weighted by Gasteiger charge is 2.47. The van der Waals surface area contributed by atoms with Crippen molar-refractivity contribution in [2.24, 2.45) is 0 Å². The van der Waals surface area contributed by atoms with E-state index in [2.05, 4.69) is 5.32 Å². The Bertz CT molecular complexity index is 951. The predicted molar refractivity (Wildman–Crippen MR) is 118 cm³/mol. The van der Waals surface area contributed by atoms with Crippen LogP contribution in [0.25, 0.3) is 0 Å². The van der Waals surface area contributed by atoms with Gasteiger partial charge in [0.15, 0.2) is 9.84 Å². The summed E-state index contributed by atoms with van der Waals surface area (Å²) in [5.41, 5.74) is -0.411. The van der Waals surface area contributed by atoms with E-state index in [1.807, 2.05) is 18.2 Å². The van der Waals surface area contributed by atoms with Gasteiger partial charge in [0.25, 0.3) is 5.91 Å². The molecular weight excluding hydrogens is 436 g/mol. The van der Waals surface area contributed by atoms with E-state index in [1.165, 1.54) is 4.90 Å². The van der Waals surface area contributed by atoms with E-state index in [9.17, 15) is 23.1 Å². The standard InChI is InChI=1S/C22H32N2O7S/c1-16-19(25)23-20(26)24(16)15-30-10-5-11-32(28,29)14-22(8-9-22)17-6-4-7-18(12-17)31-13-21(2,3)27/h4,6-7,12,16,27H,5,8-11,13-15H2,1-3H3,(H,23,25,26). The molecule has 2 fully saturated rings. The molecule has 1 aliphatic carbocycles. The van der Waals surface area contributed by atoms with Crippen LogP contribution in [0, 0.1) is 0 Å². The molecule has 9 nitrogen and oxygen atoms in total. The SMILES string of the molecule is CC1C(=O)NC(=O)N1COCCCS(=O)(=O)CC1(c2cccc(OCC(C)(C)O)c2)CC1. The van der Waals surface area contributed by atoms with Gasteiger partial charge in [0.05, 0.1) is 17.1 Å². The zero-order chi connectivity index (χ0) is 23.6. The van der Waals surface area contributed by atoms with Gasteiger partial charge in [-0.2, -0.15) is 0 Å². The number of ether oxygens (including phenoxy) is 2. The summed E-state index contributed by atoms with van der Waals surface area (Å²) in [5.74, 6) is 0.296. The third kappa shape index (κ3) is 6.43. The van der Waals surface area contributed by atoms with Crippen molar-refractivity contribution in [3.05, 3.63) is 29.8 Å². The normalized spacial score (nSPS) is 20.4. The summed E-state index contributed by atoms with van der Waals surface area (Å²) >= 11 is 0. The average molecular weight is 469 g/mol. The van der Waals surface area contributed by atoms with Crippen LogP contribution in [0.15, 0.2) is 24.3 Å². The summed E-state index contributed by atoms with van der Waals surface area (Å²) < 4.78 is 36.5. The fourth-order valence-corrected chi connectivity index (χ4v) is 5.65. The second kappa shape index (κ2) is 9.36. The molecule has 1 atom stereocenters. The smallest absolute Gasteiger partial charge is 0.326 e. The highest BCUT2D eigenvalue weighted by molar-refractivity contribution is 7.91. The lowest BCUT2D eigenvalue weighted by Gasteiger charge is -2.20. The van der Waals surface area contributed by atoms with Crippen molar-refractivity contribution < 1.29 is 32.6 Å². The third-order valence-corrected chi connectivity index (χ3v) is 7.60. The Kier molecular flexibility index (Phi) is 7.16. The van der Waals surface area contributed by atoms with Gasteiger partial charge >= 0.3 is 6.03 Å². The van der Waals surface area contributed by atoms with E-state index in [0.29, 0.717) is 12.2 Å². The van der Waals surface area contributed by atoms with Crippen LogP contribution in [0.5, 0.6) is 5.75 Å². The molecule has 1 aromatic carbocycles. The lowest BCUT2D eigenvalue weighted by molar-refractivity contribution is -0.121. The highest BCUT2D eigenvalue weighted by Crippen LogP contribution is 2.50. The first-order valence-electron chi connectivity index (χ1n) is 10.8. The molecule has 1 aliphatic heterocycles. The van der Waals surface area contributed by atoms with Crippen LogP contribution in [0.3, 0.4) is 0 Å². The molecule has 1 aromatic rings. The lowest BCUT2D eigenvalue weighted by Crippen LogP contribution is -2.35. The van der Waals surface area contributed by atoms with Gasteiger partial charge in [-0.1, -0.05) is 12.1 Å². The van der Waals surface area contributed by atoms with Crippen molar-refractivity contribution in [2.75, 3.05) is 31.5 Å². The summed E-state index contributed by atoms with van der Waals surface area (Å²) in [6.45, 7) is 5.20. The van der Waals surface area contributed by atoms with Gasteiger partial charge in [0.1, 0.15) is 25.1 Å². The minimum absolute atomic E-state index is 0.00960. The molecule has 1 unspecified atom stereocenters. The molecule has 2 N–H and O–H groups in total. The molecule has 178 valence electrons. The number of imide groups is 1. The first-order valence-corrected chi connectivity index (χ1v) is 12.6. The predicted octanol–water partition coefficient (Wildman–Crippen LogP) is 1.59. The molecule has 3 amide bonds. The number of rotatable bonds is 12. The Hall–Kier alpha value is -2.17. The fourth-order valence-electron chi connectivity index (χ4n) is 3.65. The molecule has 32 heavy (non-hydrogen) atoms. The number of hydrogen-bond acceptors (Lipinski definition) is 7. The molecule has 1 heterocycles. The van der Waals surface area contributed by atoms with E-state index < -0.39 is 32.9 Å². The van der Waals surface area contributed by atoms with E-state index in [-0.39, 0.29) is 37.4 Å². The Morgan fingerprint density at radius 1 is 1.28 bits per heavy atom. The average Bonchev–Trinajstić information content (AvgIpc) is 3.43. The molecule has 0 bridgehead atoms. The molecule has 10 heteroatoms. The first kappa shape index (κ1) is 24.5. The Morgan fingerprint density at radius 3 is 2.59 bits per heavy atom. The van der Waals surface area contributed by atoms with Crippen molar-refractivity contribution in [2.45, 2.75) is 57.1 Å². The van der Waals surface area contributed by atoms with Crippen LogP contribution in [0.4, 0.5) is 4.79 Å². The van der Waals surface area contributed by atoms with Crippen LogP contribution in [-0.2, 0) is 24.8 Å². The molecule has 1 saturated heterocycles. The topological polar surface area (TPSA) is 122 Å². The minimum Gasteiger partial charge on any atom is -0.491 e. The second-order valence-corrected chi connectivity index (χ2v) is 11.5. The number of sulfone groups is 1. The maximum absolute atomic E-state index is 12.7. The van der Waals surface area contributed by atoms with Crippen molar-refractivity contribution in [1.82, 2.24) is 10.2 Å². The lowest BCUT2D eigenvalue weighted by atomic mass is 9.98. The van der Waals surface area contributed by atoms with Gasteiger partial charge in [-0.25, -0.2) is 13.2 Å². The van der Waals surface area contributed by atoms with Crippen LogP contribution in [0.2, 0.25) is 0 Å². The Labute approximate surface area is 189 Å². The summed E-state index contributed by atoms with van der Waals surface area (Å²) in [6, 6.07) is 6.33. The van der Waals surface area contributed by atoms with E-state index in [4.69, 9.17) is 9.47 Å². The van der Waals surface area contributed by atoms with E-state index in [1.54, 1.807) is 26.8 Å². The van der Waals surface area contributed by atoms with Crippen molar-refractivity contribution in [3.8, 4) is 5.75 Å². The zero-order valence-corrected chi connectivity index (χ0v) is 19.6. The van der Waals surface area contributed by atoms with Crippen LogP contribution < -0.4 is 10.1 Å². The highest BCUT2D eigenvalue weighted by atomic mass is 32.2. The molecule has 0 aromatic heterocycles. The maximum atomic E-state index is 12.7. The molecular formula is C22H32N2O7S. The Morgan fingerprint density at radius 2 is 2.00 bits per heavy atom. The number of aliphatic hydroxyl groups is 1. The van der Waals surface area contributed by atoms with Crippen LogP contribution in [0.1, 0.15) is 45.6 Å². The summed E-state index contributed by atoms with van der Waals surface area (Å²) in [4.78, 5) is 24.3. The molecule has 0 spiro atoms. The number of amides is 3. The number of carbonyl (C=O) groups excluding carboxylic acids is 2. The summed E-state index contributed by atoms with van der Waals surface area (Å²) in [5, 5.41) is 12.0. The van der Waals surface area contributed by atoms with Crippen molar-refractivity contribution in [1.29, 1.82) is 0 Å². The Balaban J connectivity index is 1.47. The van der Waals surface area contributed by atoms with Crippen molar-refractivity contribution >= 4 is 21.8 Å². The number of nitrogens with one attached hydrogen (secondary N) is 1. The largest absolute Gasteiger partial charge is 0.491 e.